The van der Waals surface area contributed by atoms with Gasteiger partial charge in [-0.15, -0.1) is 0 Å². The number of benzene rings is 1. The Kier molecular flexibility index (Phi) is 4.97. The molecule has 2 aromatic rings. The minimum atomic E-state index is -0.462. The van der Waals surface area contributed by atoms with Crippen molar-refractivity contribution in [2.24, 2.45) is 0 Å². The number of pyridine rings is 1. The van der Waals surface area contributed by atoms with Crippen LogP contribution < -0.4 is 5.32 Å². The number of halogens is 3. The van der Waals surface area contributed by atoms with Crippen molar-refractivity contribution in [3.05, 3.63) is 63.6 Å². The predicted molar refractivity (Wildman–Crippen MR) is 80.6 cm³/mol. The average molecular weight is 313 g/mol. The third-order valence-corrected chi connectivity index (χ3v) is 3.93. The van der Waals surface area contributed by atoms with Crippen LogP contribution in [0, 0.1) is 5.82 Å². The summed E-state index contributed by atoms with van der Waals surface area (Å²) in [5.74, 6) is -0.462. The van der Waals surface area contributed by atoms with Crippen molar-refractivity contribution in [1.82, 2.24) is 10.3 Å². The number of rotatable bonds is 4. The molecule has 1 aromatic heterocycles. The maximum absolute atomic E-state index is 13.6. The van der Waals surface area contributed by atoms with Crippen LogP contribution in [0.25, 0.3) is 0 Å². The van der Waals surface area contributed by atoms with E-state index in [0.717, 1.165) is 5.56 Å². The summed E-state index contributed by atoms with van der Waals surface area (Å²) in [6.07, 6.45) is 3.47. The Morgan fingerprint density at radius 3 is 2.35 bits per heavy atom. The second-order valence-electron chi connectivity index (χ2n) is 4.65. The number of hydrogen-bond donors (Lipinski definition) is 1. The van der Waals surface area contributed by atoms with Crippen LogP contribution in [0.15, 0.2) is 36.7 Å². The fourth-order valence-electron chi connectivity index (χ4n) is 2.15. The Hall–Kier alpha value is -1.16. The van der Waals surface area contributed by atoms with Crippen LogP contribution in [0.4, 0.5) is 4.39 Å². The highest BCUT2D eigenvalue weighted by molar-refractivity contribution is 6.36. The largest absolute Gasteiger partial charge is 0.304 e. The molecule has 0 fully saturated rings. The molecule has 0 saturated carbocycles. The van der Waals surface area contributed by atoms with Gasteiger partial charge in [0, 0.05) is 35.1 Å². The molecule has 5 heteroatoms. The number of hydrogen-bond acceptors (Lipinski definition) is 2. The maximum Gasteiger partial charge on any atom is 0.142 e. The fraction of sp³-hybridized carbons (Fsp3) is 0.267. The van der Waals surface area contributed by atoms with Gasteiger partial charge in [-0.3, -0.25) is 4.98 Å². The van der Waals surface area contributed by atoms with Crippen molar-refractivity contribution < 1.29 is 4.39 Å². The summed E-state index contributed by atoms with van der Waals surface area (Å²) >= 11 is 12.1. The lowest BCUT2D eigenvalue weighted by atomic mass is 10.0. The Bertz CT molecular complexity index is 590. The lowest BCUT2D eigenvalue weighted by Gasteiger charge is -2.22. The number of nitrogens with one attached hydrogen (secondary N) is 1. The van der Waals surface area contributed by atoms with Gasteiger partial charge >= 0.3 is 0 Å². The first-order valence-electron chi connectivity index (χ1n) is 6.30. The summed E-state index contributed by atoms with van der Waals surface area (Å²) in [5.41, 5.74) is 1.67. The predicted octanol–water partition coefficient (Wildman–Crippen LogP) is 4.94. The molecule has 0 aliphatic carbocycles. The third-order valence-electron chi connectivity index (χ3n) is 3.22. The van der Waals surface area contributed by atoms with Crippen molar-refractivity contribution in [1.29, 1.82) is 0 Å². The second kappa shape index (κ2) is 6.53. The lowest BCUT2D eigenvalue weighted by Crippen LogP contribution is -2.23. The molecule has 2 rings (SSSR count). The molecule has 0 radical (unpaired) electrons. The molecular formula is C15H15Cl2FN2. The highest BCUT2D eigenvalue weighted by Gasteiger charge is 2.19. The van der Waals surface area contributed by atoms with Crippen molar-refractivity contribution in [3.8, 4) is 0 Å². The first-order valence-corrected chi connectivity index (χ1v) is 7.05. The summed E-state index contributed by atoms with van der Waals surface area (Å²) in [4.78, 5) is 3.99. The van der Waals surface area contributed by atoms with Crippen LogP contribution in [-0.2, 0) is 0 Å². The highest BCUT2D eigenvalue weighted by atomic mass is 35.5. The third kappa shape index (κ3) is 3.29. The maximum atomic E-state index is 13.6. The Labute approximate surface area is 127 Å². The SMILES string of the molecule is CC(NC(C)c1c(Cl)ccc(F)c1Cl)c1ccncc1. The zero-order valence-electron chi connectivity index (χ0n) is 11.2. The zero-order chi connectivity index (χ0) is 14.7. The van der Waals surface area contributed by atoms with Gasteiger partial charge in [-0.1, -0.05) is 23.2 Å². The number of nitrogens with zero attached hydrogens (tertiary/aromatic N) is 1. The van der Waals surface area contributed by atoms with Crippen LogP contribution in [0.3, 0.4) is 0 Å². The smallest absolute Gasteiger partial charge is 0.142 e. The van der Waals surface area contributed by atoms with Crippen LogP contribution >= 0.6 is 23.2 Å². The molecule has 2 unspecified atom stereocenters. The van der Waals surface area contributed by atoms with E-state index in [1.54, 1.807) is 12.4 Å². The molecule has 2 atom stereocenters. The summed E-state index contributed by atoms with van der Waals surface area (Å²) in [7, 11) is 0. The van der Waals surface area contributed by atoms with E-state index < -0.39 is 5.82 Å². The molecule has 0 saturated heterocycles. The molecule has 1 heterocycles. The van der Waals surface area contributed by atoms with Crippen LogP contribution in [0.2, 0.25) is 10.0 Å². The van der Waals surface area contributed by atoms with Crippen LogP contribution in [0.1, 0.15) is 37.1 Å². The van der Waals surface area contributed by atoms with Gasteiger partial charge in [0.25, 0.3) is 0 Å². The molecule has 0 amide bonds. The van der Waals surface area contributed by atoms with E-state index in [9.17, 15) is 4.39 Å². The summed E-state index contributed by atoms with van der Waals surface area (Å²) in [6, 6.07) is 6.55. The topological polar surface area (TPSA) is 24.9 Å². The average Bonchev–Trinajstić information content (AvgIpc) is 2.44. The molecule has 0 spiro atoms. The fourth-order valence-corrected chi connectivity index (χ4v) is 2.84. The van der Waals surface area contributed by atoms with Gasteiger partial charge in [0.1, 0.15) is 5.82 Å². The van der Waals surface area contributed by atoms with Crippen molar-refractivity contribution >= 4 is 23.2 Å². The monoisotopic (exact) mass is 312 g/mol. The van der Waals surface area contributed by atoms with E-state index in [0.29, 0.717) is 10.6 Å². The van der Waals surface area contributed by atoms with E-state index >= 15 is 0 Å². The van der Waals surface area contributed by atoms with Gasteiger partial charge in [0.15, 0.2) is 0 Å². The second-order valence-corrected chi connectivity index (χ2v) is 5.43. The van der Waals surface area contributed by atoms with Gasteiger partial charge < -0.3 is 5.32 Å². The molecule has 1 N–H and O–H groups in total. The quantitative estimate of drug-likeness (QED) is 0.809. The van der Waals surface area contributed by atoms with Crippen molar-refractivity contribution in [3.63, 3.8) is 0 Å². The molecule has 1 aromatic carbocycles. The van der Waals surface area contributed by atoms with Crippen molar-refractivity contribution in [2.45, 2.75) is 25.9 Å². The van der Waals surface area contributed by atoms with Gasteiger partial charge in [-0.25, -0.2) is 4.39 Å². The molecule has 0 aliphatic rings. The first kappa shape index (κ1) is 15.2. The standard InChI is InChI=1S/C15H15Cl2FN2/c1-9(11-5-7-19-8-6-11)20-10(2)14-12(16)3-4-13(18)15(14)17/h3-10,20H,1-2H3. The molecule has 2 nitrogen and oxygen atoms in total. The minimum absolute atomic E-state index is 0.0689. The van der Waals surface area contributed by atoms with Crippen LogP contribution in [0.5, 0.6) is 0 Å². The van der Waals surface area contributed by atoms with Gasteiger partial charge in [0.05, 0.1) is 5.02 Å². The Balaban J connectivity index is 2.21. The van der Waals surface area contributed by atoms with E-state index in [1.807, 2.05) is 26.0 Å². The zero-order valence-corrected chi connectivity index (χ0v) is 12.7. The van der Waals surface area contributed by atoms with E-state index in [-0.39, 0.29) is 17.1 Å². The highest BCUT2D eigenvalue weighted by Crippen LogP contribution is 2.33. The normalized spacial score (nSPS) is 14.1. The van der Waals surface area contributed by atoms with E-state index in [1.165, 1.54) is 12.1 Å². The van der Waals surface area contributed by atoms with Gasteiger partial charge in [0.2, 0.25) is 0 Å². The molecule has 20 heavy (non-hydrogen) atoms. The van der Waals surface area contributed by atoms with Gasteiger partial charge in [-0.05, 0) is 43.7 Å². The van der Waals surface area contributed by atoms with E-state index in [4.69, 9.17) is 23.2 Å². The Morgan fingerprint density at radius 1 is 1.05 bits per heavy atom. The number of aromatic nitrogens is 1. The van der Waals surface area contributed by atoms with Crippen molar-refractivity contribution in [2.75, 3.05) is 0 Å². The molecule has 0 aliphatic heterocycles. The summed E-state index contributed by atoms with van der Waals surface area (Å²) in [6.45, 7) is 3.93. The molecule has 106 valence electrons. The lowest BCUT2D eigenvalue weighted by molar-refractivity contribution is 0.492. The van der Waals surface area contributed by atoms with Crippen LogP contribution in [-0.4, -0.2) is 4.98 Å². The molecular weight excluding hydrogens is 298 g/mol. The van der Waals surface area contributed by atoms with E-state index in [2.05, 4.69) is 10.3 Å². The summed E-state index contributed by atoms with van der Waals surface area (Å²) in [5, 5.41) is 3.88. The minimum Gasteiger partial charge on any atom is -0.304 e. The first-order chi connectivity index (χ1) is 9.50. The molecule has 0 bridgehead atoms. The summed E-state index contributed by atoms with van der Waals surface area (Å²) < 4.78 is 13.6. The van der Waals surface area contributed by atoms with Gasteiger partial charge in [-0.2, -0.15) is 0 Å². The Morgan fingerprint density at radius 2 is 1.70 bits per heavy atom.